The van der Waals surface area contributed by atoms with Crippen molar-refractivity contribution in [2.75, 3.05) is 27.2 Å². The van der Waals surface area contributed by atoms with E-state index in [4.69, 9.17) is 4.74 Å². The first-order valence-electron chi connectivity index (χ1n) is 5.61. The summed E-state index contributed by atoms with van der Waals surface area (Å²) in [6.07, 6.45) is 2.69. The van der Waals surface area contributed by atoms with Crippen molar-refractivity contribution in [1.82, 2.24) is 4.90 Å². The van der Waals surface area contributed by atoms with Gasteiger partial charge in [-0.2, -0.15) is 0 Å². The van der Waals surface area contributed by atoms with Crippen LogP contribution in [-0.4, -0.2) is 38.3 Å². The third kappa shape index (κ3) is 8.52. The van der Waals surface area contributed by atoms with E-state index in [9.17, 15) is 0 Å². The van der Waals surface area contributed by atoms with Gasteiger partial charge in [0.05, 0.1) is 12.7 Å². The molecule has 86 valence electrons. The van der Waals surface area contributed by atoms with E-state index in [1.807, 2.05) is 0 Å². The molecule has 0 spiro atoms. The summed E-state index contributed by atoms with van der Waals surface area (Å²) in [5.41, 5.74) is 0.374. The van der Waals surface area contributed by atoms with Gasteiger partial charge in [0.25, 0.3) is 0 Å². The zero-order chi connectivity index (χ0) is 11.2. The highest BCUT2D eigenvalue weighted by molar-refractivity contribution is 4.68. The second-order valence-electron chi connectivity index (χ2n) is 5.47. The van der Waals surface area contributed by atoms with Crippen molar-refractivity contribution < 1.29 is 4.74 Å². The molecular formula is C12H27NO. The molecule has 0 aromatic rings. The number of ether oxygens (including phenoxy) is 1. The minimum absolute atomic E-state index is 0.374. The van der Waals surface area contributed by atoms with E-state index in [1.165, 1.54) is 0 Å². The summed E-state index contributed by atoms with van der Waals surface area (Å²) in [6.45, 7) is 10.9. The summed E-state index contributed by atoms with van der Waals surface area (Å²) in [4.78, 5) is 2.16. The van der Waals surface area contributed by atoms with Crippen LogP contribution in [0.5, 0.6) is 0 Å². The Labute approximate surface area is 89.6 Å². The molecule has 0 aromatic carbocycles. The van der Waals surface area contributed by atoms with Crippen molar-refractivity contribution in [2.45, 2.75) is 46.6 Å². The Morgan fingerprint density at radius 3 is 2.14 bits per heavy atom. The molecule has 14 heavy (non-hydrogen) atoms. The molecule has 2 nitrogen and oxygen atoms in total. The van der Waals surface area contributed by atoms with Crippen LogP contribution in [0, 0.1) is 5.41 Å². The van der Waals surface area contributed by atoms with E-state index in [-0.39, 0.29) is 0 Å². The first-order chi connectivity index (χ1) is 6.35. The molecule has 0 amide bonds. The molecule has 0 fully saturated rings. The molecule has 0 aliphatic heterocycles. The summed E-state index contributed by atoms with van der Waals surface area (Å²) in [6, 6.07) is 0. The van der Waals surface area contributed by atoms with Gasteiger partial charge in [0.2, 0.25) is 0 Å². The summed E-state index contributed by atoms with van der Waals surface area (Å²) in [5, 5.41) is 0. The second-order valence-corrected chi connectivity index (χ2v) is 5.47. The van der Waals surface area contributed by atoms with Crippen LogP contribution in [0.25, 0.3) is 0 Å². The zero-order valence-electron chi connectivity index (χ0n) is 10.8. The van der Waals surface area contributed by atoms with Gasteiger partial charge in [0.15, 0.2) is 0 Å². The van der Waals surface area contributed by atoms with Gasteiger partial charge >= 0.3 is 0 Å². The molecule has 0 bridgehead atoms. The lowest BCUT2D eigenvalue weighted by Crippen LogP contribution is -2.25. The minimum atomic E-state index is 0.374. The summed E-state index contributed by atoms with van der Waals surface area (Å²) < 4.78 is 5.84. The molecule has 0 aliphatic carbocycles. The third-order valence-corrected chi connectivity index (χ3v) is 2.19. The van der Waals surface area contributed by atoms with Gasteiger partial charge in [0, 0.05) is 6.54 Å². The fourth-order valence-electron chi connectivity index (χ4n) is 1.41. The van der Waals surface area contributed by atoms with E-state index in [0.717, 1.165) is 26.0 Å². The molecule has 0 saturated carbocycles. The number of hydrogen-bond acceptors (Lipinski definition) is 2. The molecular weight excluding hydrogens is 174 g/mol. The van der Waals surface area contributed by atoms with Crippen LogP contribution in [0.3, 0.4) is 0 Å². The summed E-state index contributed by atoms with van der Waals surface area (Å²) in [5.74, 6) is 0. The van der Waals surface area contributed by atoms with Crippen LogP contribution in [0.1, 0.15) is 40.5 Å². The van der Waals surface area contributed by atoms with Crippen molar-refractivity contribution in [1.29, 1.82) is 0 Å². The summed E-state index contributed by atoms with van der Waals surface area (Å²) in [7, 11) is 4.15. The first-order valence-corrected chi connectivity index (χ1v) is 5.61. The van der Waals surface area contributed by atoms with Gasteiger partial charge in [-0.05, 0) is 32.4 Å². The van der Waals surface area contributed by atoms with E-state index in [1.54, 1.807) is 0 Å². The maximum atomic E-state index is 5.84. The highest BCUT2D eigenvalue weighted by Crippen LogP contribution is 2.23. The van der Waals surface area contributed by atoms with E-state index in [0.29, 0.717) is 11.5 Å². The molecule has 0 aromatic heterocycles. The van der Waals surface area contributed by atoms with Gasteiger partial charge in [-0.25, -0.2) is 0 Å². The second kappa shape index (κ2) is 6.41. The predicted octanol–water partition coefficient (Wildman–Crippen LogP) is 2.78. The Balaban J connectivity index is 3.69. The molecule has 1 atom stereocenters. The Bertz CT molecular complexity index is 138. The van der Waals surface area contributed by atoms with Crippen LogP contribution in [0.4, 0.5) is 0 Å². The SMILES string of the molecule is CCC(CC(C)(C)C)OCCN(C)C. The Morgan fingerprint density at radius 2 is 1.79 bits per heavy atom. The monoisotopic (exact) mass is 201 g/mol. The van der Waals surface area contributed by atoms with Crippen molar-refractivity contribution in [3.05, 3.63) is 0 Å². The smallest absolute Gasteiger partial charge is 0.0596 e. The molecule has 2 heteroatoms. The molecule has 0 radical (unpaired) electrons. The first kappa shape index (κ1) is 13.9. The van der Waals surface area contributed by atoms with Crippen LogP contribution in [0.15, 0.2) is 0 Å². The largest absolute Gasteiger partial charge is 0.377 e. The van der Waals surface area contributed by atoms with Crippen LogP contribution < -0.4 is 0 Å². The molecule has 0 heterocycles. The zero-order valence-corrected chi connectivity index (χ0v) is 10.8. The fraction of sp³-hybridized carbons (Fsp3) is 1.00. The molecule has 0 saturated heterocycles. The lowest BCUT2D eigenvalue weighted by Gasteiger charge is -2.25. The number of rotatable bonds is 6. The average molecular weight is 201 g/mol. The van der Waals surface area contributed by atoms with Gasteiger partial charge in [0.1, 0.15) is 0 Å². The van der Waals surface area contributed by atoms with E-state index >= 15 is 0 Å². The van der Waals surface area contributed by atoms with Gasteiger partial charge in [-0.1, -0.05) is 27.7 Å². The number of likely N-dealkylation sites (N-methyl/N-ethyl adjacent to an activating group) is 1. The van der Waals surface area contributed by atoms with Crippen molar-refractivity contribution in [3.8, 4) is 0 Å². The van der Waals surface area contributed by atoms with Crippen molar-refractivity contribution >= 4 is 0 Å². The molecule has 1 unspecified atom stereocenters. The fourth-order valence-corrected chi connectivity index (χ4v) is 1.41. The van der Waals surface area contributed by atoms with Gasteiger partial charge in [-0.15, -0.1) is 0 Å². The number of nitrogens with zero attached hydrogens (tertiary/aromatic N) is 1. The average Bonchev–Trinajstić information content (AvgIpc) is 1.99. The summed E-state index contributed by atoms with van der Waals surface area (Å²) >= 11 is 0. The number of hydrogen-bond donors (Lipinski definition) is 0. The van der Waals surface area contributed by atoms with E-state index < -0.39 is 0 Å². The lowest BCUT2D eigenvalue weighted by molar-refractivity contribution is 0.0170. The molecule has 0 rings (SSSR count). The van der Waals surface area contributed by atoms with Crippen molar-refractivity contribution in [2.24, 2.45) is 5.41 Å². The van der Waals surface area contributed by atoms with Gasteiger partial charge in [-0.3, -0.25) is 0 Å². The Kier molecular flexibility index (Phi) is 6.38. The van der Waals surface area contributed by atoms with Crippen molar-refractivity contribution in [3.63, 3.8) is 0 Å². The molecule has 0 N–H and O–H groups in total. The minimum Gasteiger partial charge on any atom is -0.377 e. The standard InChI is InChI=1S/C12H27NO/c1-7-11(10-12(2,3)4)14-9-8-13(5)6/h11H,7-10H2,1-6H3. The topological polar surface area (TPSA) is 12.5 Å². The highest BCUT2D eigenvalue weighted by atomic mass is 16.5. The predicted molar refractivity (Wildman–Crippen MR) is 62.7 cm³/mol. The van der Waals surface area contributed by atoms with Crippen LogP contribution in [-0.2, 0) is 4.74 Å². The molecule has 0 aliphatic rings. The Morgan fingerprint density at radius 1 is 1.21 bits per heavy atom. The van der Waals surface area contributed by atoms with E-state index in [2.05, 4.69) is 46.7 Å². The Hall–Kier alpha value is -0.0800. The maximum Gasteiger partial charge on any atom is 0.0596 e. The normalized spacial score (nSPS) is 14.8. The van der Waals surface area contributed by atoms with Gasteiger partial charge < -0.3 is 9.64 Å². The quantitative estimate of drug-likeness (QED) is 0.655. The van der Waals surface area contributed by atoms with Crippen LogP contribution >= 0.6 is 0 Å². The third-order valence-electron chi connectivity index (χ3n) is 2.19. The highest BCUT2D eigenvalue weighted by Gasteiger charge is 2.17. The lowest BCUT2D eigenvalue weighted by atomic mass is 9.88. The van der Waals surface area contributed by atoms with Crippen LogP contribution in [0.2, 0.25) is 0 Å². The maximum absolute atomic E-state index is 5.84.